The number of amides is 1. The van der Waals surface area contributed by atoms with Crippen molar-refractivity contribution in [3.8, 4) is 0 Å². The Labute approximate surface area is 209 Å². The Morgan fingerprint density at radius 3 is 2.31 bits per heavy atom. The van der Waals surface area contributed by atoms with Gasteiger partial charge in [-0.1, -0.05) is 59.9 Å². The van der Waals surface area contributed by atoms with Gasteiger partial charge in [0.15, 0.2) is 10.9 Å². The highest BCUT2D eigenvalue weighted by Gasteiger charge is 2.20. The van der Waals surface area contributed by atoms with Gasteiger partial charge in [0.25, 0.3) is 5.91 Å². The van der Waals surface area contributed by atoms with Crippen LogP contribution in [0.2, 0.25) is 0 Å². The fraction of sp³-hybridized carbons (Fsp3) is 0.250. The highest BCUT2D eigenvalue weighted by atomic mass is 32.1. The van der Waals surface area contributed by atoms with Gasteiger partial charge in [0, 0.05) is 56.0 Å². The number of carbonyl (C=O) groups is 2. The van der Waals surface area contributed by atoms with Crippen molar-refractivity contribution < 1.29 is 9.59 Å². The number of anilines is 1. The second kappa shape index (κ2) is 10.4. The summed E-state index contributed by atoms with van der Waals surface area (Å²) in [5, 5.41) is 4.09. The lowest BCUT2D eigenvalue weighted by Crippen LogP contribution is -2.48. The van der Waals surface area contributed by atoms with Gasteiger partial charge in [-0.3, -0.25) is 14.5 Å². The predicted molar refractivity (Wildman–Crippen MR) is 142 cm³/mol. The van der Waals surface area contributed by atoms with Crippen molar-refractivity contribution in [3.63, 3.8) is 0 Å². The Morgan fingerprint density at radius 1 is 0.886 bits per heavy atom. The van der Waals surface area contributed by atoms with Gasteiger partial charge in [0.1, 0.15) is 0 Å². The molecule has 1 fully saturated rings. The first-order chi connectivity index (χ1) is 17.1. The Kier molecular flexibility index (Phi) is 6.88. The molecular weight excluding hydrogens is 456 g/mol. The summed E-state index contributed by atoms with van der Waals surface area (Å²) in [7, 11) is 0. The van der Waals surface area contributed by atoms with Crippen LogP contribution in [0.5, 0.6) is 0 Å². The second-order valence-electron chi connectivity index (χ2n) is 8.82. The minimum absolute atomic E-state index is 0.0438. The smallest absolute Gasteiger partial charge is 0.251 e. The summed E-state index contributed by atoms with van der Waals surface area (Å²) in [6, 6.07) is 22.4. The third-order valence-electron chi connectivity index (χ3n) is 6.33. The maximum absolute atomic E-state index is 12.6. The number of piperazine rings is 1. The van der Waals surface area contributed by atoms with Gasteiger partial charge < -0.3 is 10.2 Å². The van der Waals surface area contributed by atoms with E-state index in [1.807, 2.05) is 18.2 Å². The van der Waals surface area contributed by atoms with Crippen LogP contribution in [0.1, 0.15) is 31.8 Å². The van der Waals surface area contributed by atoms with E-state index in [1.54, 1.807) is 47.7 Å². The quantitative estimate of drug-likeness (QED) is 0.394. The Morgan fingerprint density at radius 2 is 1.57 bits per heavy atom. The lowest BCUT2D eigenvalue weighted by molar-refractivity contribution is 0.0946. The number of hydrogen-bond acceptors (Lipinski definition) is 6. The molecule has 1 N–H and O–H groups in total. The van der Waals surface area contributed by atoms with Crippen molar-refractivity contribution in [1.29, 1.82) is 0 Å². The molecule has 1 amide bonds. The van der Waals surface area contributed by atoms with Gasteiger partial charge in [-0.05, 0) is 36.8 Å². The van der Waals surface area contributed by atoms with Gasteiger partial charge in [0.05, 0.1) is 10.2 Å². The first-order valence-corrected chi connectivity index (χ1v) is 12.7. The maximum atomic E-state index is 12.6. The molecule has 0 atom stereocenters. The number of nitrogens with one attached hydrogen (secondary N) is 1. The van der Waals surface area contributed by atoms with E-state index < -0.39 is 0 Å². The largest absolute Gasteiger partial charge is 0.351 e. The zero-order valence-electron chi connectivity index (χ0n) is 19.7. The summed E-state index contributed by atoms with van der Waals surface area (Å²) in [6.45, 7) is 7.26. The van der Waals surface area contributed by atoms with Gasteiger partial charge in [-0.25, -0.2) is 4.98 Å². The molecule has 0 unspecified atom stereocenters. The molecule has 1 aliphatic heterocycles. The fourth-order valence-electron chi connectivity index (χ4n) is 4.28. The van der Waals surface area contributed by atoms with E-state index in [0.29, 0.717) is 23.2 Å². The molecule has 2 heterocycles. The molecule has 7 heteroatoms. The van der Waals surface area contributed by atoms with Crippen molar-refractivity contribution in [2.24, 2.45) is 0 Å². The highest BCUT2D eigenvalue weighted by molar-refractivity contribution is 7.22. The third kappa shape index (κ3) is 5.42. The van der Waals surface area contributed by atoms with E-state index >= 15 is 0 Å². The first kappa shape index (κ1) is 23.2. The van der Waals surface area contributed by atoms with E-state index in [-0.39, 0.29) is 11.7 Å². The Balaban J connectivity index is 1.08. The van der Waals surface area contributed by atoms with Gasteiger partial charge in [-0.15, -0.1) is 0 Å². The average molecular weight is 485 g/mol. The van der Waals surface area contributed by atoms with Crippen molar-refractivity contribution in [1.82, 2.24) is 15.2 Å². The summed E-state index contributed by atoms with van der Waals surface area (Å²) in [5.41, 5.74) is 4.11. The topological polar surface area (TPSA) is 65.5 Å². The molecule has 5 rings (SSSR count). The molecule has 0 saturated carbocycles. The molecule has 1 aromatic heterocycles. The summed E-state index contributed by atoms with van der Waals surface area (Å²) in [6.07, 6.45) is 0. The minimum Gasteiger partial charge on any atom is -0.351 e. The summed E-state index contributed by atoms with van der Waals surface area (Å²) < 4.78 is 1.24. The maximum Gasteiger partial charge on any atom is 0.251 e. The van der Waals surface area contributed by atoms with E-state index in [0.717, 1.165) is 43.4 Å². The van der Waals surface area contributed by atoms with Crippen LogP contribution in [0.15, 0.2) is 72.8 Å². The number of nitrogens with zero attached hydrogens (tertiary/aromatic N) is 3. The molecule has 178 valence electrons. The lowest BCUT2D eigenvalue weighted by Gasteiger charge is -2.34. The normalized spacial score (nSPS) is 14.3. The predicted octanol–water partition coefficient (Wildman–Crippen LogP) is 4.39. The van der Waals surface area contributed by atoms with Gasteiger partial charge >= 0.3 is 0 Å². The van der Waals surface area contributed by atoms with Crippen LogP contribution in [0, 0.1) is 6.92 Å². The minimum atomic E-state index is -0.118. The van der Waals surface area contributed by atoms with Crippen molar-refractivity contribution in [2.45, 2.75) is 6.92 Å². The van der Waals surface area contributed by atoms with Crippen molar-refractivity contribution >= 4 is 38.4 Å². The molecular formula is C28H28N4O2S. The number of benzene rings is 3. The van der Waals surface area contributed by atoms with Crippen LogP contribution < -0.4 is 10.2 Å². The van der Waals surface area contributed by atoms with E-state index in [2.05, 4.69) is 40.2 Å². The molecule has 1 saturated heterocycles. The third-order valence-corrected chi connectivity index (χ3v) is 7.41. The number of aromatic nitrogens is 1. The first-order valence-electron chi connectivity index (χ1n) is 11.9. The Hall–Kier alpha value is -3.55. The number of thiazole rings is 1. The van der Waals surface area contributed by atoms with Crippen LogP contribution >= 0.6 is 11.3 Å². The monoisotopic (exact) mass is 484 g/mol. The van der Waals surface area contributed by atoms with Crippen LogP contribution in [0.3, 0.4) is 0 Å². The number of fused-ring (bicyclic) bond motifs is 1. The highest BCUT2D eigenvalue weighted by Crippen LogP contribution is 2.30. The van der Waals surface area contributed by atoms with Crippen LogP contribution in [0.4, 0.5) is 5.13 Å². The second-order valence-corrected chi connectivity index (χ2v) is 9.83. The van der Waals surface area contributed by atoms with Crippen molar-refractivity contribution in [3.05, 3.63) is 95.1 Å². The van der Waals surface area contributed by atoms with Gasteiger partial charge in [0.2, 0.25) is 0 Å². The Bertz CT molecular complexity index is 1330. The molecule has 6 nitrogen and oxygen atoms in total. The van der Waals surface area contributed by atoms with E-state index in [9.17, 15) is 9.59 Å². The molecule has 0 bridgehead atoms. The van der Waals surface area contributed by atoms with Crippen LogP contribution in [-0.2, 0) is 0 Å². The molecule has 1 aliphatic rings. The number of hydrogen-bond donors (Lipinski definition) is 1. The molecule has 4 aromatic rings. The lowest BCUT2D eigenvalue weighted by atomic mass is 10.0. The SMILES string of the molecule is Cc1ccc2nc(N3CCN(CCNC(=O)c4ccc(C(=O)c5ccccc5)cc4)CC3)sc2c1. The van der Waals surface area contributed by atoms with Crippen molar-refractivity contribution in [2.75, 3.05) is 44.2 Å². The zero-order valence-corrected chi connectivity index (χ0v) is 20.6. The van der Waals surface area contributed by atoms with Gasteiger partial charge in [-0.2, -0.15) is 0 Å². The standard InChI is InChI=1S/C28H28N4O2S/c1-20-7-12-24-25(19-20)35-28(30-24)32-17-15-31(16-18-32)14-13-29-27(34)23-10-8-22(9-11-23)26(33)21-5-3-2-4-6-21/h2-12,19H,13-18H2,1H3,(H,29,34). The molecule has 3 aromatic carbocycles. The number of rotatable bonds is 7. The zero-order chi connectivity index (χ0) is 24.2. The summed E-state index contributed by atoms with van der Waals surface area (Å²) in [5.74, 6) is -0.162. The molecule has 0 aliphatic carbocycles. The van der Waals surface area contributed by atoms with E-state index in [1.165, 1.54) is 10.3 Å². The number of carbonyl (C=O) groups excluding carboxylic acids is 2. The summed E-state index contributed by atoms with van der Waals surface area (Å²) >= 11 is 1.76. The average Bonchev–Trinajstić information content (AvgIpc) is 3.32. The summed E-state index contributed by atoms with van der Waals surface area (Å²) in [4.78, 5) is 34.6. The number of aryl methyl sites for hydroxylation is 1. The van der Waals surface area contributed by atoms with E-state index in [4.69, 9.17) is 4.98 Å². The number of ketones is 1. The molecule has 35 heavy (non-hydrogen) atoms. The van der Waals surface area contributed by atoms with Crippen LogP contribution in [-0.4, -0.2) is 60.8 Å². The fourth-order valence-corrected chi connectivity index (χ4v) is 5.39. The van der Waals surface area contributed by atoms with Crippen LogP contribution in [0.25, 0.3) is 10.2 Å². The molecule has 0 radical (unpaired) electrons. The molecule has 0 spiro atoms.